The fraction of sp³-hybridized carbons (Fsp3) is 0.250. The van der Waals surface area contributed by atoms with Gasteiger partial charge in [0.25, 0.3) is 0 Å². The Hall–Kier alpha value is -1.78. The first-order valence-electron chi connectivity index (χ1n) is 6.45. The van der Waals surface area contributed by atoms with Crippen molar-refractivity contribution in [2.24, 2.45) is 0 Å². The molecule has 21 heavy (non-hydrogen) atoms. The molecule has 0 amide bonds. The zero-order chi connectivity index (χ0) is 15.4. The van der Waals surface area contributed by atoms with Crippen molar-refractivity contribution in [2.75, 3.05) is 21.3 Å². The summed E-state index contributed by atoms with van der Waals surface area (Å²) >= 11 is 6.16. The van der Waals surface area contributed by atoms with Gasteiger partial charge in [-0.25, -0.2) is 4.39 Å². The quantitative estimate of drug-likeness (QED) is 0.911. The first kappa shape index (κ1) is 15.6. The zero-order valence-electron chi connectivity index (χ0n) is 12.1. The molecule has 0 aliphatic rings. The van der Waals surface area contributed by atoms with E-state index in [-0.39, 0.29) is 5.82 Å². The van der Waals surface area contributed by atoms with Gasteiger partial charge in [-0.1, -0.05) is 17.7 Å². The summed E-state index contributed by atoms with van der Waals surface area (Å²) in [6.07, 6.45) is 0. The SMILES string of the molecule is CNC(c1ccc(OC)cc1OC)c1c(F)cccc1Cl. The fourth-order valence-electron chi connectivity index (χ4n) is 2.30. The van der Waals surface area contributed by atoms with Crippen molar-refractivity contribution < 1.29 is 13.9 Å². The molecule has 0 aromatic heterocycles. The Morgan fingerprint density at radius 1 is 1.14 bits per heavy atom. The van der Waals surface area contributed by atoms with Gasteiger partial charge in [0.1, 0.15) is 17.3 Å². The lowest BCUT2D eigenvalue weighted by molar-refractivity contribution is 0.388. The third kappa shape index (κ3) is 3.12. The number of hydrogen-bond acceptors (Lipinski definition) is 3. The molecule has 2 rings (SSSR count). The highest BCUT2D eigenvalue weighted by atomic mass is 35.5. The summed E-state index contributed by atoms with van der Waals surface area (Å²) in [5, 5.41) is 3.45. The normalized spacial score (nSPS) is 12.0. The topological polar surface area (TPSA) is 30.5 Å². The highest BCUT2D eigenvalue weighted by Gasteiger charge is 2.22. The van der Waals surface area contributed by atoms with Crippen LogP contribution in [-0.4, -0.2) is 21.3 Å². The van der Waals surface area contributed by atoms with E-state index in [1.165, 1.54) is 6.07 Å². The van der Waals surface area contributed by atoms with Crippen molar-refractivity contribution in [1.82, 2.24) is 5.32 Å². The van der Waals surface area contributed by atoms with E-state index >= 15 is 0 Å². The highest BCUT2D eigenvalue weighted by Crippen LogP contribution is 2.36. The Labute approximate surface area is 128 Å². The van der Waals surface area contributed by atoms with Crippen molar-refractivity contribution >= 4 is 11.6 Å². The van der Waals surface area contributed by atoms with Crippen LogP contribution in [0.25, 0.3) is 0 Å². The van der Waals surface area contributed by atoms with E-state index in [4.69, 9.17) is 21.1 Å². The third-order valence-corrected chi connectivity index (χ3v) is 3.66. The average Bonchev–Trinajstić information content (AvgIpc) is 2.50. The molecule has 3 nitrogen and oxygen atoms in total. The van der Waals surface area contributed by atoms with Crippen LogP contribution in [0.1, 0.15) is 17.2 Å². The van der Waals surface area contributed by atoms with Crippen LogP contribution in [0.15, 0.2) is 36.4 Å². The van der Waals surface area contributed by atoms with Crippen LogP contribution in [0.3, 0.4) is 0 Å². The second kappa shape index (κ2) is 6.78. The van der Waals surface area contributed by atoms with Crippen LogP contribution in [0.4, 0.5) is 4.39 Å². The number of ether oxygens (including phenoxy) is 2. The molecule has 0 heterocycles. The highest BCUT2D eigenvalue weighted by molar-refractivity contribution is 6.31. The van der Waals surface area contributed by atoms with E-state index in [2.05, 4.69) is 5.32 Å². The monoisotopic (exact) mass is 309 g/mol. The molecule has 1 unspecified atom stereocenters. The first-order chi connectivity index (χ1) is 10.1. The maximum Gasteiger partial charge on any atom is 0.129 e. The van der Waals surface area contributed by atoms with Crippen molar-refractivity contribution in [2.45, 2.75) is 6.04 Å². The molecule has 112 valence electrons. The molecule has 0 aliphatic heterocycles. The van der Waals surface area contributed by atoms with Crippen LogP contribution < -0.4 is 14.8 Å². The van der Waals surface area contributed by atoms with Gasteiger partial charge in [-0.15, -0.1) is 0 Å². The molecule has 5 heteroatoms. The standard InChI is InChI=1S/C16H17ClFNO2/c1-19-16(15-12(17)5-4-6-13(15)18)11-8-7-10(20-2)9-14(11)21-3/h4-9,16,19H,1-3H3. The van der Waals surface area contributed by atoms with E-state index in [9.17, 15) is 4.39 Å². The van der Waals surface area contributed by atoms with Gasteiger partial charge in [-0.2, -0.15) is 0 Å². The lowest BCUT2D eigenvalue weighted by atomic mass is 9.97. The molecular weight excluding hydrogens is 293 g/mol. The van der Waals surface area contributed by atoms with Crippen LogP contribution >= 0.6 is 11.6 Å². The van der Waals surface area contributed by atoms with Gasteiger partial charge >= 0.3 is 0 Å². The van der Waals surface area contributed by atoms with E-state index in [0.717, 1.165) is 5.56 Å². The summed E-state index contributed by atoms with van der Waals surface area (Å²) in [4.78, 5) is 0. The molecule has 0 spiro atoms. The second-order valence-corrected chi connectivity index (χ2v) is 4.87. The fourth-order valence-corrected chi connectivity index (χ4v) is 2.57. The number of methoxy groups -OCH3 is 2. The van der Waals surface area contributed by atoms with Gasteiger partial charge in [-0.3, -0.25) is 0 Å². The van der Waals surface area contributed by atoms with E-state index in [0.29, 0.717) is 22.1 Å². The Morgan fingerprint density at radius 3 is 2.48 bits per heavy atom. The minimum atomic E-state index is -0.417. The number of rotatable bonds is 5. The van der Waals surface area contributed by atoms with Gasteiger partial charge in [0, 0.05) is 22.2 Å². The summed E-state index contributed by atoms with van der Waals surface area (Å²) in [6, 6.07) is 9.62. The molecule has 0 saturated carbocycles. The Balaban J connectivity index is 2.56. The lowest BCUT2D eigenvalue weighted by Gasteiger charge is -2.22. The Kier molecular flexibility index (Phi) is 5.04. The molecule has 0 saturated heterocycles. The van der Waals surface area contributed by atoms with Crippen molar-refractivity contribution in [3.8, 4) is 11.5 Å². The van der Waals surface area contributed by atoms with Crippen molar-refractivity contribution in [3.05, 3.63) is 58.4 Å². The average molecular weight is 310 g/mol. The molecule has 0 radical (unpaired) electrons. The smallest absolute Gasteiger partial charge is 0.129 e. The largest absolute Gasteiger partial charge is 0.497 e. The van der Waals surface area contributed by atoms with Gasteiger partial charge in [0.2, 0.25) is 0 Å². The number of halogens is 2. The van der Waals surface area contributed by atoms with Gasteiger partial charge in [0.15, 0.2) is 0 Å². The van der Waals surface area contributed by atoms with Gasteiger partial charge in [-0.05, 0) is 31.3 Å². The summed E-state index contributed by atoms with van der Waals surface area (Å²) < 4.78 is 24.7. The van der Waals surface area contributed by atoms with Crippen molar-refractivity contribution in [1.29, 1.82) is 0 Å². The summed E-state index contributed by atoms with van der Waals surface area (Å²) in [6.45, 7) is 0. The summed E-state index contributed by atoms with van der Waals surface area (Å²) in [5.74, 6) is 0.915. The van der Waals surface area contributed by atoms with E-state index in [1.807, 2.05) is 6.07 Å². The Bertz CT molecular complexity index is 613. The maximum atomic E-state index is 14.2. The van der Waals surface area contributed by atoms with Crippen LogP contribution in [-0.2, 0) is 0 Å². The summed E-state index contributed by atoms with van der Waals surface area (Å²) in [5.41, 5.74) is 1.18. The number of benzene rings is 2. The van der Waals surface area contributed by atoms with E-state index < -0.39 is 6.04 Å². The maximum absolute atomic E-state index is 14.2. The Morgan fingerprint density at radius 2 is 1.90 bits per heavy atom. The molecule has 0 aliphatic carbocycles. The third-order valence-electron chi connectivity index (χ3n) is 3.33. The van der Waals surface area contributed by atoms with Crippen LogP contribution in [0.2, 0.25) is 5.02 Å². The zero-order valence-corrected chi connectivity index (χ0v) is 12.9. The van der Waals surface area contributed by atoms with Crippen LogP contribution in [0.5, 0.6) is 11.5 Å². The predicted molar refractivity (Wildman–Crippen MR) is 81.9 cm³/mol. The molecule has 0 fully saturated rings. The second-order valence-electron chi connectivity index (χ2n) is 4.46. The number of hydrogen-bond donors (Lipinski definition) is 1. The predicted octanol–water partition coefficient (Wildman–Crippen LogP) is 3.81. The minimum Gasteiger partial charge on any atom is -0.497 e. The molecule has 2 aromatic carbocycles. The minimum absolute atomic E-state index is 0.361. The molecule has 1 N–H and O–H groups in total. The van der Waals surface area contributed by atoms with Gasteiger partial charge < -0.3 is 14.8 Å². The van der Waals surface area contributed by atoms with E-state index in [1.54, 1.807) is 45.5 Å². The molecule has 2 aromatic rings. The number of nitrogens with one attached hydrogen (secondary N) is 1. The lowest BCUT2D eigenvalue weighted by Crippen LogP contribution is -2.20. The van der Waals surface area contributed by atoms with Crippen LogP contribution in [0, 0.1) is 5.82 Å². The van der Waals surface area contributed by atoms with Gasteiger partial charge in [0.05, 0.1) is 20.3 Å². The molecule has 1 atom stereocenters. The molecular formula is C16H17ClFNO2. The first-order valence-corrected chi connectivity index (χ1v) is 6.83. The molecule has 0 bridgehead atoms. The summed E-state index contributed by atoms with van der Waals surface area (Å²) in [7, 11) is 4.89. The van der Waals surface area contributed by atoms with Crippen molar-refractivity contribution in [3.63, 3.8) is 0 Å².